The van der Waals surface area contributed by atoms with Crippen molar-refractivity contribution in [3.8, 4) is 0 Å². The molecule has 0 bridgehead atoms. The normalized spacial score (nSPS) is 13.2. The van der Waals surface area contributed by atoms with Gasteiger partial charge in [-0.25, -0.2) is 0 Å². The third-order valence-corrected chi connectivity index (χ3v) is 4.45. The average molecular weight is 367 g/mol. The van der Waals surface area contributed by atoms with Crippen molar-refractivity contribution in [1.29, 1.82) is 0 Å². The first-order chi connectivity index (χ1) is 12.8. The molecule has 0 heterocycles. The summed E-state index contributed by atoms with van der Waals surface area (Å²) in [6, 6.07) is 14.7. The van der Waals surface area contributed by atoms with E-state index in [-0.39, 0.29) is 18.0 Å². The van der Waals surface area contributed by atoms with E-state index in [1.165, 1.54) is 5.56 Å². The van der Waals surface area contributed by atoms with Gasteiger partial charge in [-0.1, -0.05) is 38.1 Å². The molecule has 0 aliphatic rings. The molecule has 2 amide bonds. The first-order valence-electron chi connectivity index (χ1n) is 9.32. The first-order valence-corrected chi connectivity index (χ1v) is 9.32. The Morgan fingerprint density at radius 2 is 1.52 bits per heavy atom. The molecule has 0 spiro atoms. The Labute approximate surface area is 161 Å². The molecule has 27 heavy (non-hydrogen) atoms. The Balaban J connectivity index is 1.91. The van der Waals surface area contributed by atoms with Gasteiger partial charge in [-0.2, -0.15) is 0 Å². The van der Waals surface area contributed by atoms with E-state index < -0.39 is 5.91 Å². The number of nitrogens with two attached hydrogens (primary N) is 1. The van der Waals surface area contributed by atoms with E-state index in [4.69, 9.17) is 5.73 Å². The van der Waals surface area contributed by atoms with Crippen LogP contribution in [0.15, 0.2) is 48.5 Å². The summed E-state index contributed by atoms with van der Waals surface area (Å²) in [5, 5.41) is 6.16. The second kappa shape index (κ2) is 9.33. The fourth-order valence-electron chi connectivity index (χ4n) is 2.93. The molecular formula is C22H29N3O2. The Hall–Kier alpha value is -2.66. The molecule has 5 nitrogen and oxygen atoms in total. The van der Waals surface area contributed by atoms with Crippen LogP contribution >= 0.6 is 0 Å². The molecule has 2 atom stereocenters. The molecule has 0 aliphatic carbocycles. The standard InChI is InChI=1S/C22H29N3O2/c1-14(2)13-17-5-7-18(8-6-17)15(3)24-16(4)22(27)25-20-11-9-19(10-12-20)21(23)26/h5-12,14-16,24H,13H2,1-4H3,(H2,23,26)(H,25,27)/t15-,16-/m0/s1. The zero-order valence-electron chi connectivity index (χ0n) is 16.5. The SMILES string of the molecule is CC(C)Cc1ccc([C@H](C)N[C@@H](C)C(=O)Nc2ccc(C(N)=O)cc2)cc1. The summed E-state index contributed by atoms with van der Waals surface area (Å²) in [7, 11) is 0. The smallest absolute Gasteiger partial charge is 0.248 e. The number of nitrogens with one attached hydrogen (secondary N) is 2. The molecule has 2 aromatic carbocycles. The molecule has 0 aromatic heterocycles. The summed E-state index contributed by atoms with van der Waals surface area (Å²) >= 11 is 0. The van der Waals surface area contributed by atoms with Crippen molar-refractivity contribution in [1.82, 2.24) is 5.32 Å². The number of rotatable bonds is 8. The number of anilines is 1. The lowest BCUT2D eigenvalue weighted by Gasteiger charge is -2.20. The van der Waals surface area contributed by atoms with Gasteiger partial charge in [0.1, 0.15) is 0 Å². The van der Waals surface area contributed by atoms with E-state index in [1.807, 2.05) is 13.8 Å². The van der Waals surface area contributed by atoms with Gasteiger partial charge < -0.3 is 11.1 Å². The Morgan fingerprint density at radius 3 is 2.04 bits per heavy atom. The minimum absolute atomic E-state index is 0.0519. The topological polar surface area (TPSA) is 84.2 Å². The number of carbonyl (C=O) groups excluding carboxylic acids is 2. The monoisotopic (exact) mass is 367 g/mol. The van der Waals surface area contributed by atoms with Gasteiger partial charge >= 0.3 is 0 Å². The molecule has 0 fully saturated rings. The summed E-state index contributed by atoms with van der Waals surface area (Å²) in [4.78, 5) is 23.5. The van der Waals surface area contributed by atoms with Gasteiger partial charge in [0.25, 0.3) is 0 Å². The van der Waals surface area contributed by atoms with Gasteiger partial charge in [0.15, 0.2) is 0 Å². The summed E-state index contributed by atoms with van der Waals surface area (Å²) in [6.45, 7) is 8.29. The molecule has 2 rings (SSSR count). The van der Waals surface area contributed by atoms with E-state index in [2.05, 4.69) is 48.7 Å². The molecule has 0 radical (unpaired) electrons. The highest BCUT2D eigenvalue weighted by atomic mass is 16.2. The summed E-state index contributed by atoms with van der Waals surface area (Å²) < 4.78 is 0. The van der Waals surface area contributed by atoms with E-state index in [1.54, 1.807) is 24.3 Å². The fraction of sp³-hybridized carbons (Fsp3) is 0.364. The number of amides is 2. The van der Waals surface area contributed by atoms with Crippen molar-refractivity contribution >= 4 is 17.5 Å². The second-order valence-corrected chi connectivity index (χ2v) is 7.38. The number of carbonyl (C=O) groups is 2. The first kappa shape index (κ1) is 20.6. The number of primary amides is 1. The molecule has 144 valence electrons. The predicted molar refractivity (Wildman–Crippen MR) is 110 cm³/mol. The Bertz CT molecular complexity index is 767. The maximum Gasteiger partial charge on any atom is 0.248 e. The van der Waals surface area contributed by atoms with Crippen LogP contribution in [0.2, 0.25) is 0 Å². The molecule has 0 saturated carbocycles. The predicted octanol–water partition coefficient (Wildman–Crippen LogP) is 3.66. The lowest BCUT2D eigenvalue weighted by Crippen LogP contribution is -2.39. The Morgan fingerprint density at radius 1 is 0.926 bits per heavy atom. The molecule has 5 heteroatoms. The van der Waals surface area contributed by atoms with Crippen molar-refractivity contribution in [2.75, 3.05) is 5.32 Å². The van der Waals surface area contributed by atoms with Crippen LogP contribution in [-0.2, 0) is 11.2 Å². The van der Waals surface area contributed by atoms with E-state index in [9.17, 15) is 9.59 Å². The fourth-order valence-corrected chi connectivity index (χ4v) is 2.93. The van der Waals surface area contributed by atoms with Crippen LogP contribution in [0.5, 0.6) is 0 Å². The summed E-state index contributed by atoms with van der Waals surface area (Å²) in [5.41, 5.74) is 8.73. The molecule has 0 saturated heterocycles. The summed E-state index contributed by atoms with van der Waals surface area (Å²) in [6.07, 6.45) is 1.06. The lowest BCUT2D eigenvalue weighted by atomic mass is 9.99. The van der Waals surface area contributed by atoms with Crippen LogP contribution < -0.4 is 16.4 Å². The Kier molecular flexibility index (Phi) is 7.13. The minimum atomic E-state index is -0.490. The van der Waals surface area contributed by atoms with Gasteiger partial charge in [0, 0.05) is 17.3 Å². The minimum Gasteiger partial charge on any atom is -0.366 e. The van der Waals surface area contributed by atoms with Crippen LogP contribution in [-0.4, -0.2) is 17.9 Å². The van der Waals surface area contributed by atoms with Crippen molar-refractivity contribution in [2.45, 2.75) is 46.2 Å². The molecule has 4 N–H and O–H groups in total. The quantitative estimate of drug-likeness (QED) is 0.666. The zero-order chi connectivity index (χ0) is 20.0. The number of hydrogen-bond donors (Lipinski definition) is 3. The van der Waals surface area contributed by atoms with Gasteiger partial charge in [-0.15, -0.1) is 0 Å². The maximum atomic E-state index is 12.4. The van der Waals surface area contributed by atoms with Crippen LogP contribution in [0.4, 0.5) is 5.69 Å². The van der Waals surface area contributed by atoms with E-state index in [0.29, 0.717) is 17.2 Å². The molecular weight excluding hydrogens is 338 g/mol. The van der Waals surface area contributed by atoms with E-state index >= 15 is 0 Å². The van der Waals surface area contributed by atoms with Crippen molar-refractivity contribution in [2.24, 2.45) is 11.7 Å². The van der Waals surface area contributed by atoms with Crippen molar-refractivity contribution in [3.05, 3.63) is 65.2 Å². The third-order valence-electron chi connectivity index (χ3n) is 4.45. The highest BCUT2D eigenvalue weighted by Gasteiger charge is 2.16. The summed E-state index contributed by atoms with van der Waals surface area (Å²) in [5.74, 6) is 0.00778. The van der Waals surface area contributed by atoms with Gasteiger partial charge in [0.05, 0.1) is 6.04 Å². The van der Waals surface area contributed by atoms with Crippen LogP contribution in [0.1, 0.15) is 55.2 Å². The van der Waals surface area contributed by atoms with Crippen LogP contribution in [0.25, 0.3) is 0 Å². The zero-order valence-corrected chi connectivity index (χ0v) is 16.5. The number of benzene rings is 2. The lowest BCUT2D eigenvalue weighted by molar-refractivity contribution is -0.117. The van der Waals surface area contributed by atoms with Crippen LogP contribution in [0, 0.1) is 5.92 Å². The van der Waals surface area contributed by atoms with Crippen molar-refractivity contribution < 1.29 is 9.59 Å². The third kappa shape index (κ3) is 6.22. The van der Waals surface area contributed by atoms with Gasteiger partial charge in [-0.3, -0.25) is 14.9 Å². The maximum absolute atomic E-state index is 12.4. The molecule has 0 aliphatic heterocycles. The van der Waals surface area contributed by atoms with Gasteiger partial charge in [-0.05, 0) is 61.6 Å². The van der Waals surface area contributed by atoms with Gasteiger partial charge in [0.2, 0.25) is 11.8 Å². The molecule has 2 aromatic rings. The highest BCUT2D eigenvalue weighted by Crippen LogP contribution is 2.17. The highest BCUT2D eigenvalue weighted by molar-refractivity contribution is 5.96. The van der Waals surface area contributed by atoms with Crippen LogP contribution in [0.3, 0.4) is 0 Å². The number of hydrogen-bond acceptors (Lipinski definition) is 3. The molecule has 0 unspecified atom stereocenters. The second-order valence-electron chi connectivity index (χ2n) is 7.38. The largest absolute Gasteiger partial charge is 0.366 e. The average Bonchev–Trinajstić information content (AvgIpc) is 2.62. The van der Waals surface area contributed by atoms with E-state index in [0.717, 1.165) is 12.0 Å². The van der Waals surface area contributed by atoms with Crippen molar-refractivity contribution in [3.63, 3.8) is 0 Å².